The van der Waals surface area contributed by atoms with Crippen LogP contribution in [-0.2, 0) is 0 Å². The number of likely N-dealkylation sites (tertiary alicyclic amines) is 1. The minimum Gasteiger partial charge on any atom is -0.465 e. The summed E-state index contributed by atoms with van der Waals surface area (Å²) in [5.74, 6) is 0. The second kappa shape index (κ2) is 3.06. The average Bonchev–Trinajstić information content (AvgIpc) is 1.85. The standard InChI is InChI=1S/C6H12N2O3/c7-4-1-5(9)3-8(2-4)6(10)11/h4-5,9H,1-3,7H2,(H,10,11)/t4-,5?/m1/s1. The van der Waals surface area contributed by atoms with E-state index in [9.17, 15) is 4.79 Å². The number of carboxylic acid groups (broad SMARTS) is 1. The molecule has 64 valence electrons. The Balaban J connectivity index is 2.49. The summed E-state index contributed by atoms with van der Waals surface area (Å²) < 4.78 is 0. The van der Waals surface area contributed by atoms with Gasteiger partial charge in [-0.2, -0.15) is 0 Å². The van der Waals surface area contributed by atoms with Gasteiger partial charge >= 0.3 is 6.09 Å². The maximum Gasteiger partial charge on any atom is 0.407 e. The molecule has 0 spiro atoms. The number of nitrogens with two attached hydrogens (primary N) is 1. The Labute approximate surface area is 64.4 Å². The monoisotopic (exact) mass is 160 g/mol. The highest BCUT2D eigenvalue weighted by molar-refractivity contribution is 5.65. The number of hydrogen-bond donors (Lipinski definition) is 3. The third kappa shape index (κ3) is 2.06. The first-order valence-corrected chi connectivity index (χ1v) is 3.51. The number of aliphatic hydroxyl groups excluding tert-OH is 1. The number of nitrogens with zero attached hydrogens (tertiary/aromatic N) is 1. The Bertz CT molecular complexity index is 152. The van der Waals surface area contributed by atoms with Gasteiger partial charge in [-0.25, -0.2) is 4.79 Å². The quantitative estimate of drug-likeness (QED) is 0.426. The molecule has 0 aliphatic carbocycles. The second-order valence-electron chi connectivity index (χ2n) is 2.84. The van der Waals surface area contributed by atoms with Gasteiger partial charge in [0.1, 0.15) is 0 Å². The molecule has 2 atom stereocenters. The van der Waals surface area contributed by atoms with Crippen molar-refractivity contribution in [2.75, 3.05) is 13.1 Å². The molecule has 0 saturated carbocycles. The van der Waals surface area contributed by atoms with Crippen LogP contribution in [0.15, 0.2) is 0 Å². The van der Waals surface area contributed by atoms with Gasteiger partial charge in [-0.15, -0.1) is 0 Å². The van der Waals surface area contributed by atoms with Gasteiger partial charge in [-0.05, 0) is 6.42 Å². The van der Waals surface area contributed by atoms with Gasteiger partial charge in [0.05, 0.1) is 12.6 Å². The molecule has 5 nitrogen and oxygen atoms in total. The molecular weight excluding hydrogens is 148 g/mol. The molecule has 1 unspecified atom stereocenters. The second-order valence-corrected chi connectivity index (χ2v) is 2.84. The molecule has 4 N–H and O–H groups in total. The molecule has 1 rings (SSSR count). The lowest BCUT2D eigenvalue weighted by atomic mass is 10.1. The van der Waals surface area contributed by atoms with Crippen LogP contribution in [0, 0.1) is 0 Å². The van der Waals surface area contributed by atoms with E-state index >= 15 is 0 Å². The first-order chi connectivity index (χ1) is 5.09. The smallest absolute Gasteiger partial charge is 0.407 e. The van der Waals surface area contributed by atoms with Gasteiger partial charge in [-0.3, -0.25) is 0 Å². The Morgan fingerprint density at radius 3 is 2.64 bits per heavy atom. The summed E-state index contributed by atoms with van der Waals surface area (Å²) in [5, 5.41) is 17.6. The van der Waals surface area contributed by atoms with Crippen LogP contribution in [-0.4, -0.2) is 46.4 Å². The fourth-order valence-electron chi connectivity index (χ4n) is 1.27. The number of amides is 1. The highest BCUT2D eigenvalue weighted by Crippen LogP contribution is 2.08. The van der Waals surface area contributed by atoms with Gasteiger partial charge in [0.15, 0.2) is 0 Å². The molecule has 0 aromatic rings. The van der Waals surface area contributed by atoms with Crippen LogP contribution in [0.1, 0.15) is 6.42 Å². The van der Waals surface area contributed by atoms with Crippen molar-refractivity contribution < 1.29 is 15.0 Å². The molecule has 1 fully saturated rings. The highest BCUT2D eigenvalue weighted by atomic mass is 16.4. The van der Waals surface area contributed by atoms with Crippen molar-refractivity contribution in [3.63, 3.8) is 0 Å². The average molecular weight is 160 g/mol. The van der Waals surface area contributed by atoms with Crippen LogP contribution in [0.2, 0.25) is 0 Å². The molecule has 5 heteroatoms. The summed E-state index contributed by atoms with van der Waals surface area (Å²) in [6.07, 6.45) is -1.13. The maximum absolute atomic E-state index is 10.4. The van der Waals surface area contributed by atoms with E-state index in [1.807, 2.05) is 0 Å². The molecule has 0 aromatic carbocycles. The lowest BCUT2D eigenvalue weighted by Gasteiger charge is -2.31. The van der Waals surface area contributed by atoms with Crippen LogP contribution in [0.4, 0.5) is 4.79 Å². The van der Waals surface area contributed by atoms with Crippen LogP contribution < -0.4 is 5.73 Å². The molecule has 1 aliphatic heterocycles. The lowest BCUT2D eigenvalue weighted by molar-refractivity contribution is 0.0576. The van der Waals surface area contributed by atoms with Gasteiger partial charge < -0.3 is 20.8 Å². The Hall–Kier alpha value is -0.810. The molecule has 1 saturated heterocycles. The SMILES string of the molecule is N[C@@H]1CC(O)CN(C(=O)O)C1. The fraction of sp³-hybridized carbons (Fsp3) is 0.833. The first kappa shape index (κ1) is 8.29. The number of hydrogen-bond acceptors (Lipinski definition) is 3. The van der Waals surface area contributed by atoms with Crippen molar-refractivity contribution in [2.24, 2.45) is 5.73 Å². The van der Waals surface area contributed by atoms with E-state index in [0.717, 1.165) is 4.90 Å². The number of carbonyl (C=O) groups is 1. The largest absolute Gasteiger partial charge is 0.465 e. The Morgan fingerprint density at radius 1 is 1.55 bits per heavy atom. The number of β-amino-alcohol motifs (C(OH)–C–C–N with tert-alkyl or cyclic N) is 1. The fourth-order valence-corrected chi connectivity index (χ4v) is 1.27. The molecule has 0 radical (unpaired) electrons. The highest BCUT2D eigenvalue weighted by Gasteiger charge is 2.26. The molecule has 1 aliphatic rings. The van der Waals surface area contributed by atoms with Crippen LogP contribution in [0.5, 0.6) is 0 Å². The van der Waals surface area contributed by atoms with Crippen molar-refractivity contribution in [1.82, 2.24) is 4.90 Å². The predicted octanol–water partition coefficient (Wildman–Crippen LogP) is -0.942. The van der Waals surface area contributed by atoms with E-state index < -0.39 is 12.2 Å². The van der Waals surface area contributed by atoms with Crippen molar-refractivity contribution in [3.05, 3.63) is 0 Å². The van der Waals surface area contributed by atoms with E-state index in [2.05, 4.69) is 0 Å². The van der Waals surface area contributed by atoms with Gasteiger partial charge in [-0.1, -0.05) is 0 Å². The summed E-state index contributed by atoms with van der Waals surface area (Å²) in [7, 11) is 0. The van der Waals surface area contributed by atoms with Crippen molar-refractivity contribution in [1.29, 1.82) is 0 Å². The Morgan fingerprint density at radius 2 is 2.18 bits per heavy atom. The van der Waals surface area contributed by atoms with E-state index in [-0.39, 0.29) is 12.6 Å². The van der Waals surface area contributed by atoms with Gasteiger partial charge in [0.2, 0.25) is 0 Å². The lowest BCUT2D eigenvalue weighted by Crippen LogP contribution is -2.50. The summed E-state index contributed by atoms with van der Waals surface area (Å²) in [5.41, 5.74) is 5.49. The maximum atomic E-state index is 10.4. The van der Waals surface area contributed by atoms with Gasteiger partial charge in [0, 0.05) is 12.6 Å². The molecule has 0 bridgehead atoms. The molecular formula is C6H12N2O3. The van der Waals surface area contributed by atoms with Crippen LogP contribution in [0.25, 0.3) is 0 Å². The minimum atomic E-state index is -1.01. The summed E-state index contributed by atoms with van der Waals surface area (Å²) in [6, 6.07) is -0.227. The number of rotatable bonds is 0. The van der Waals surface area contributed by atoms with E-state index in [1.165, 1.54) is 0 Å². The summed E-state index contributed by atoms with van der Waals surface area (Å²) in [6.45, 7) is 0.509. The van der Waals surface area contributed by atoms with Gasteiger partial charge in [0.25, 0.3) is 0 Å². The summed E-state index contributed by atoms with van der Waals surface area (Å²) >= 11 is 0. The van der Waals surface area contributed by atoms with Crippen LogP contribution in [0.3, 0.4) is 0 Å². The van der Waals surface area contributed by atoms with E-state index in [1.54, 1.807) is 0 Å². The molecule has 1 amide bonds. The van der Waals surface area contributed by atoms with Crippen molar-refractivity contribution in [3.8, 4) is 0 Å². The minimum absolute atomic E-state index is 0.184. The van der Waals surface area contributed by atoms with E-state index in [4.69, 9.17) is 15.9 Å². The first-order valence-electron chi connectivity index (χ1n) is 3.51. The molecule has 0 aromatic heterocycles. The predicted molar refractivity (Wildman–Crippen MR) is 38.2 cm³/mol. The zero-order chi connectivity index (χ0) is 8.43. The van der Waals surface area contributed by atoms with Crippen LogP contribution >= 0.6 is 0 Å². The van der Waals surface area contributed by atoms with Crippen molar-refractivity contribution >= 4 is 6.09 Å². The zero-order valence-electron chi connectivity index (χ0n) is 6.10. The molecule has 11 heavy (non-hydrogen) atoms. The summed E-state index contributed by atoms with van der Waals surface area (Å²) in [4.78, 5) is 11.5. The third-order valence-corrected chi connectivity index (χ3v) is 1.73. The topological polar surface area (TPSA) is 86.8 Å². The zero-order valence-corrected chi connectivity index (χ0v) is 6.10. The normalized spacial score (nSPS) is 32.0. The number of aliphatic hydroxyl groups is 1. The number of piperidine rings is 1. The van der Waals surface area contributed by atoms with Crippen molar-refractivity contribution in [2.45, 2.75) is 18.6 Å². The molecule has 1 heterocycles. The third-order valence-electron chi connectivity index (χ3n) is 1.73. The Kier molecular flexibility index (Phi) is 2.31. The van der Waals surface area contributed by atoms with E-state index in [0.29, 0.717) is 13.0 Å².